The van der Waals surface area contributed by atoms with E-state index >= 15 is 0 Å². The van der Waals surface area contributed by atoms with E-state index in [1.165, 1.54) is 0 Å². The molecule has 0 aliphatic carbocycles. The van der Waals surface area contributed by atoms with Crippen molar-refractivity contribution in [3.8, 4) is 11.4 Å². The lowest BCUT2D eigenvalue weighted by Crippen LogP contribution is -2.52. The van der Waals surface area contributed by atoms with Crippen LogP contribution < -0.4 is 10.2 Å². The molecule has 7 nitrogen and oxygen atoms in total. The molecule has 2 aliphatic rings. The lowest BCUT2D eigenvalue weighted by molar-refractivity contribution is 0.0959. The minimum Gasteiger partial charge on any atom is -0.379 e. The molecule has 0 saturated carbocycles. The third-order valence-electron chi connectivity index (χ3n) is 4.49. The molecule has 23 heavy (non-hydrogen) atoms. The lowest BCUT2D eigenvalue weighted by atomic mass is 10.1. The summed E-state index contributed by atoms with van der Waals surface area (Å²) in [7, 11) is 0. The van der Waals surface area contributed by atoms with Gasteiger partial charge in [0.05, 0.1) is 48.5 Å². The number of aromatic nitrogens is 4. The number of imidazole rings is 1. The number of H-pyrrole nitrogens is 1. The van der Waals surface area contributed by atoms with Crippen molar-refractivity contribution in [2.75, 3.05) is 36.5 Å². The van der Waals surface area contributed by atoms with Crippen LogP contribution in [0.3, 0.4) is 0 Å². The van der Waals surface area contributed by atoms with Crippen LogP contribution in [-0.2, 0) is 4.74 Å². The van der Waals surface area contributed by atoms with E-state index in [9.17, 15) is 0 Å². The van der Waals surface area contributed by atoms with Gasteiger partial charge < -0.3 is 19.9 Å². The predicted octanol–water partition coefficient (Wildman–Crippen LogP) is 1.65. The molecule has 4 heterocycles. The van der Waals surface area contributed by atoms with E-state index in [1.807, 2.05) is 24.4 Å². The summed E-state index contributed by atoms with van der Waals surface area (Å²) >= 11 is 0. The summed E-state index contributed by atoms with van der Waals surface area (Å²) in [5.74, 6) is 1.66. The molecule has 2 aliphatic heterocycles. The van der Waals surface area contributed by atoms with E-state index in [4.69, 9.17) is 9.72 Å². The second-order valence-corrected chi connectivity index (χ2v) is 5.84. The Morgan fingerprint density at radius 1 is 1.26 bits per heavy atom. The van der Waals surface area contributed by atoms with E-state index < -0.39 is 0 Å². The van der Waals surface area contributed by atoms with E-state index in [0.717, 1.165) is 54.4 Å². The Bertz CT molecular complexity index is 876. The molecule has 3 aromatic rings. The zero-order valence-corrected chi connectivity index (χ0v) is 12.5. The smallest absolute Gasteiger partial charge is 0.163 e. The molecule has 0 spiro atoms. The van der Waals surface area contributed by atoms with Crippen LogP contribution in [0.25, 0.3) is 22.4 Å². The van der Waals surface area contributed by atoms with Crippen LogP contribution in [0.4, 0.5) is 11.5 Å². The number of nitrogens with one attached hydrogen (secondary N) is 2. The molecule has 5 rings (SSSR count). The van der Waals surface area contributed by atoms with Crippen molar-refractivity contribution in [1.29, 1.82) is 0 Å². The normalized spacial score (nSPS) is 20.0. The first-order valence-corrected chi connectivity index (χ1v) is 7.78. The number of fused-ring (bicyclic) bond motifs is 4. The van der Waals surface area contributed by atoms with Crippen molar-refractivity contribution in [2.24, 2.45) is 0 Å². The van der Waals surface area contributed by atoms with Crippen LogP contribution in [0, 0.1) is 0 Å². The highest BCUT2D eigenvalue weighted by molar-refractivity contribution is 5.90. The van der Waals surface area contributed by atoms with Gasteiger partial charge in [0.2, 0.25) is 0 Å². The van der Waals surface area contributed by atoms with Crippen molar-refractivity contribution < 1.29 is 4.74 Å². The monoisotopic (exact) mass is 308 g/mol. The van der Waals surface area contributed by atoms with Gasteiger partial charge in [-0.15, -0.1) is 0 Å². The fourth-order valence-corrected chi connectivity index (χ4v) is 3.32. The standard InChI is InChI=1S/C16H16N6O/c1-2-11(14-12(3-1)19-9-20-14)15-18-7-13-16(21-15)22-4-5-23-8-10(22)6-17-13/h1-3,7,9-10,17H,4-6,8H2,(H,19,20). The quantitative estimate of drug-likeness (QED) is 0.711. The molecule has 0 bridgehead atoms. The van der Waals surface area contributed by atoms with Crippen LogP contribution >= 0.6 is 0 Å². The highest BCUT2D eigenvalue weighted by Gasteiger charge is 2.30. The number of rotatable bonds is 1. The molecule has 2 aromatic heterocycles. The second kappa shape index (κ2) is 4.92. The van der Waals surface area contributed by atoms with Crippen LogP contribution in [0.2, 0.25) is 0 Å². The van der Waals surface area contributed by atoms with Gasteiger partial charge in [0.15, 0.2) is 11.6 Å². The van der Waals surface area contributed by atoms with Crippen molar-refractivity contribution in [2.45, 2.75) is 6.04 Å². The van der Waals surface area contributed by atoms with Crippen LogP contribution in [0.5, 0.6) is 0 Å². The van der Waals surface area contributed by atoms with E-state index in [-0.39, 0.29) is 0 Å². The SMILES string of the molecule is c1cc(-c2ncc3c(n2)N2CCOCC2CN3)c2nc[nH]c2c1. The Morgan fingerprint density at radius 3 is 3.26 bits per heavy atom. The van der Waals surface area contributed by atoms with Crippen molar-refractivity contribution in [3.63, 3.8) is 0 Å². The molecule has 116 valence electrons. The summed E-state index contributed by atoms with van der Waals surface area (Å²) in [5, 5.41) is 3.40. The largest absolute Gasteiger partial charge is 0.379 e. The summed E-state index contributed by atoms with van der Waals surface area (Å²) in [6, 6.07) is 6.34. The summed E-state index contributed by atoms with van der Waals surface area (Å²) in [5.41, 5.74) is 3.82. The van der Waals surface area contributed by atoms with E-state index in [1.54, 1.807) is 6.33 Å². The van der Waals surface area contributed by atoms with Crippen LogP contribution in [0.15, 0.2) is 30.7 Å². The first kappa shape index (κ1) is 12.8. The van der Waals surface area contributed by atoms with Crippen LogP contribution in [0.1, 0.15) is 0 Å². The number of para-hydroxylation sites is 1. The van der Waals surface area contributed by atoms with Crippen molar-refractivity contribution in [1.82, 2.24) is 19.9 Å². The fourth-order valence-electron chi connectivity index (χ4n) is 3.32. The van der Waals surface area contributed by atoms with Crippen LogP contribution in [-0.4, -0.2) is 52.3 Å². The molecule has 0 amide bonds. The number of hydrogen-bond donors (Lipinski definition) is 2. The van der Waals surface area contributed by atoms with Gasteiger partial charge in [-0.3, -0.25) is 0 Å². The summed E-state index contributed by atoms with van der Waals surface area (Å²) in [6.07, 6.45) is 3.57. The molecule has 1 atom stereocenters. The first-order chi connectivity index (χ1) is 11.4. The van der Waals surface area contributed by atoms with Crippen molar-refractivity contribution in [3.05, 3.63) is 30.7 Å². The van der Waals surface area contributed by atoms with Gasteiger partial charge in [-0.05, 0) is 12.1 Å². The molecule has 1 unspecified atom stereocenters. The minimum atomic E-state index is 0.333. The number of benzene rings is 1. The average molecular weight is 308 g/mol. The molecule has 2 N–H and O–H groups in total. The number of nitrogens with zero attached hydrogens (tertiary/aromatic N) is 4. The Hall–Kier alpha value is -2.67. The predicted molar refractivity (Wildman–Crippen MR) is 87.6 cm³/mol. The number of morpholine rings is 1. The van der Waals surface area contributed by atoms with Crippen molar-refractivity contribution >= 4 is 22.5 Å². The molecule has 1 fully saturated rings. The van der Waals surface area contributed by atoms with Gasteiger partial charge in [-0.1, -0.05) is 6.07 Å². The third-order valence-corrected chi connectivity index (χ3v) is 4.49. The Kier molecular flexibility index (Phi) is 2.75. The fraction of sp³-hybridized carbons (Fsp3) is 0.312. The summed E-state index contributed by atoms with van der Waals surface area (Å²) in [4.78, 5) is 19.2. The minimum absolute atomic E-state index is 0.333. The zero-order valence-electron chi connectivity index (χ0n) is 12.5. The summed E-state index contributed by atoms with van der Waals surface area (Å²) < 4.78 is 5.58. The maximum atomic E-state index is 5.58. The molecular formula is C16H16N6O. The van der Waals surface area contributed by atoms with Gasteiger partial charge in [-0.25, -0.2) is 15.0 Å². The lowest BCUT2D eigenvalue weighted by Gasteiger charge is -2.41. The number of aromatic amines is 1. The highest BCUT2D eigenvalue weighted by atomic mass is 16.5. The topological polar surface area (TPSA) is 79.0 Å². The number of hydrogen-bond acceptors (Lipinski definition) is 6. The van der Waals surface area contributed by atoms with Gasteiger partial charge in [0, 0.05) is 18.7 Å². The van der Waals surface area contributed by atoms with Gasteiger partial charge in [0.25, 0.3) is 0 Å². The highest BCUT2D eigenvalue weighted by Crippen LogP contribution is 2.33. The Balaban J connectivity index is 1.64. The zero-order chi connectivity index (χ0) is 15.2. The molecule has 1 saturated heterocycles. The summed E-state index contributed by atoms with van der Waals surface area (Å²) in [6.45, 7) is 3.21. The van der Waals surface area contributed by atoms with Gasteiger partial charge >= 0.3 is 0 Å². The van der Waals surface area contributed by atoms with E-state index in [2.05, 4.69) is 25.2 Å². The first-order valence-electron chi connectivity index (χ1n) is 7.78. The second-order valence-electron chi connectivity index (χ2n) is 5.84. The Labute approximate surface area is 132 Å². The maximum absolute atomic E-state index is 5.58. The third kappa shape index (κ3) is 1.97. The van der Waals surface area contributed by atoms with Gasteiger partial charge in [-0.2, -0.15) is 0 Å². The number of ether oxygens (including phenoxy) is 1. The average Bonchev–Trinajstić information content (AvgIpc) is 3.10. The van der Waals surface area contributed by atoms with E-state index in [0.29, 0.717) is 11.9 Å². The molecular weight excluding hydrogens is 292 g/mol. The van der Waals surface area contributed by atoms with Gasteiger partial charge in [0.1, 0.15) is 0 Å². The molecule has 0 radical (unpaired) electrons. The molecule has 1 aromatic carbocycles. The maximum Gasteiger partial charge on any atom is 0.163 e. The Morgan fingerprint density at radius 2 is 2.26 bits per heavy atom. The molecule has 7 heteroatoms. The number of anilines is 2.